The molecule has 0 nitrogen and oxygen atoms in total. The Bertz CT molecular complexity index is 383. The minimum absolute atomic E-state index is 1.20. The number of unbranched alkanes of at least 4 members (excludes halogenated alkanes) is 1. The number of benzene rings is 1. The van der Waals surface area contributed by atoms with Crippen molar-refractivity contribution >= 4 is 6.08 Å². The summed E-state index contributed by atoms with van der Waals surface area (Å²) in [7, 11) is 0. The van der Waals surface area contributed by atoms with Gasteiger partial charge in [-0.15, -0.1) is 0 Å². The standard InChI is InChI=1S/C16H22/c1-5-7-8-15-9-10-16(14(4)12-15)11-13(3)6-2/h6,9-12H,2,5,7-8H2,1,3-4H3/b13-11-. The van der Waals surface area contributed by atoms with Crippen LogP contribution in [0.1, 0.15) is 43.4 Å². The molecule has 0 atom stereocenters. The molecule has 0 bridgehead atoms. The van der Waals surface area contributed by atoms with Gasteiger partial charge in [-0.05, 0) is 43.4 Å². The van der Waals surface area contributed by atoms with Gasteiger partial charge < -0.3 is 0 Å². The maximum Gasteiger partial charge on any atom is -0.0225 e. The van der Waals surface area contributed by atoms with E-state index >= 15 is 0 Å². The number of allylic oxidation sites excluding steroid dienone is 2. The topological polar surface area (TPSA) is 0 Å². The van der Waals surface area contributed by atoms with Gasteiger partial charge in [0, 0.05) is 0 Å². The fourth-order valence-corrected chi connectivity index (χ4v) is 1.74. The van der Waals surface area contributed by atoms with E-state index in [9.17, 15) is 0 Å². The molecule has 0 heteroatoms. The van der Waals surface area contributed by atoms with Gasteiger partial charge in [0.05, 0.1) is 0 Å². The predicted octanol–water partition coefficient (Wildman–Crippen LogP) is 4.93. The summed E-state index contributed by atoms with van der Waals surface area (Å²) in [5.41, 5.74) is 5.32. The van der Waals surface area contributed by atoms with Crippen molar-refractivity contribution in [3.05, 3.63) is 53.1 Å². The van der Waals surface area contributed by atoms with E-state index < -0.39 is 0 Å². The molecule has 1 aromatic rings. The van der Waals surface area contributed by atoms with Crippen molar-refractivity contribution in [1.29, 1.82) is 0 Å². The summed E-state index contributed by atoms with van der Waals surface area (Å²) in [5, 5.41) is 0. The quantitative estimate of drug-likeness (QED) is 0.610. The van der Waals surface area contributed by atoms with Gasteiger partial charge in [-0.2, -0.15) is 0 Å². The number of hydrogen-bond acceptors (Lipinski definition) is 0. The van der Waals surface area contributed by atoms with Gasteiger partial charge in [0.15, 0.2) is 0 Å². The van der Waals surface area contributed by atoms with Gasteiger partial charge in [0.25, 0.3) is 0 Å². The smallest absolute Gasteiger partial charge is 0.0225 e. The Balaban J connectivity index is 2.87. The molecular formula is C16H22. The fraction of sp³-hybridized carbons (Fsp3) is 0.375. The Morgan fingerprint density at radius 2 is 2.12 bits per heavy atom. The minimum Gasteiger partial charge on any atom is -0.0988 e. The van der Waals surface area contributed by atoms with Gasteiger partial charge >= 0.3 is 0 Å². The molecule has 0 saturated heterocycles. The molecule has 1 rings (SSSR count). The van der Waals surface area contributed by atoms with E-state index in [2.05, 4.69) is 51.6 Å². The first-order valence-corrected chi connectivity index (χ1v) is 6.07. The van der Waals surface area contributed by atoms with Gasteiger partial charge in [-0.1, -0.05) is 55.8 Å². The molecule has 0 heterocycles. The lowest BCUT2D eigenvalue weighted by molar-refractivity contribution is 0.794. The highest BCUT2D eigenvalue weighted by Crippen LogP contribution is 2.16. The van der Waals surface area contributed by atoms with Crippen molar-refractivity contribution in [2.75, 3.05) is 0 Å². The van der Waals surface area contributed by atoms with Crippen molar-refractivity contribution in [3.8, 4) is 0 Å². The Morgan fingerprint density at radius 3 is 2.69 bits per heavy atom. The van der Waals surface area contributed by atoms with Crippen LogP contribution in [0.2, 0.25) is 0 Å². The summed E-state index contributed by atoms with van der Waals surface area (Å²) in [6, 6.07) is 6.76. The van der Waals surface area contributed by atoms with Gasteiger partial charge in [0.2, 0.25) is 0 Å². The first-order chi connectivity index (χ1) is 7.67. The third-order valence-corrected chi connectivity index (χ3v) is 2.86. The molecule has 0 spiro atoms. The Morgan fingerprint density at radius 1 is 1.38 bits per heavy atom. The molecule has 16 heavy (non-hydrogen) atoms. The summed E-state index contributed by atoms with van der Waals surface area (Å²) >= 11 is 0. The Kier molecular flexibility index (Phi) is 5.04. The van der Waals surface area contributed by atoms with E-state index in [1.807, 2.05) is 6.08 Å². The van der Waals surface area contributed by atoms with Crippen LogP contribution in [0.5, 0.6) is 0 Å². The van der Waals surface area contributed by atoms with Crippen molar-refractivity contribution in [1.82, 2.24) is 0 Å². The van der Waals surface area contributed by atoms with E-state index in [1.54, 1.807) is 0 Å². The van der Waals surface area contributed by atoms with Gasteiger partial charge in [0.1, 0.15) is 0 Å². The highest BCUT2D eigenvalue weighted by Gasteiger charge is 1.98. The van der Waals surface area contributed by atoms with Crippen LogP contribution in [-0.4, -0.2) is 0 Å². The largest absolute Gasteiger partial charge is 0.0988 e. The Hall–Kier alpha value is -1.30. The van der Waals surface area contributed by atoms with Crippen LogP contribution in [0.3, 0.4) is 0 Å². The zero-order chi connectivity index (χ0) is 12.0. The lowest BCUT2D eigenvalue weighted by Crippen LogP contribution is -1.88. The van der Waals surface area contributed by atoms with Crippen LogP contribution in [-0.2, 0) is 6.42 Å². The molecule has 0 radical (unpaired) electrons. The third-order valence-electron chi connectivity index (χ3n) is 2.86. The molecule has 0 aliphatic heterocycles. The van der Waals surface area contributed by atoms with E-state index in [4.69, 9.17) is 0 Å². The monoisotopic (exact) mass is 214 g/mol. The van der Waals surface area contributed by atoms with E-state index in [-0.39, 0.29) is 0 Å². The summed E-state index contributed by atoms with van der Waals surface area (Å²) in [4.78, 5) is 0. The average Bonchev–Trinajstić information content (AvgIpc) is 2.29. The predicted molar refractivity (Wildman–Crippen MR) is 73.6 cm³/mol. The van der Waals surface area contributed by atoms with Crippen LogP contribution < -0.4 is 0 Å². The summed E-state index contributed by atoms with van der Waals surface area (Å²) in [5.74, 6) is 0. The number of hydrogen-bond donors (Lipinski definition) is 0. The molecule has 0 aromatic heterocycles. The van der Waals surface area contributed by atoms with E-state index in [1.165, 1.54) is 41.5 Å². The lowest BCUT2D eigenvalue weighted by Gasteiger charge is -2.05. The highest BCUT2D eigenvalue weighted by atomic mass is 14.0. The molecule has 0 amide bonds. The van der Waals surface area contributed by atoms with Crippen molar-refractivity contribution in [2.45, 2.75) is 40.0 Å². The molecule has 0 N–H and O–H groups in total. The Labute approximate surface area is 99.7 Å². The minimum atomic E-state index is 1.20. The molecule has 1 aromatic carbocycles. The fourth-order valence-electron chi connectivity index (χ4n) is 1.74. The van der Waals surface area contributed by atoms with Gasteiger partial charge in [-0.3, -0.25) is 0 Å². The van der Waals surface area contributed by atoms with E-state index in [0.717, 1.165) is 0 Å². The SMILES string of the molecule is C=C/C(C)=C\c1ccc(CCCC)cc1C. The molecule has 0 aliphatic rings. The highest BCUT2D eigenvalue weighted by molar-refractivity contribution is 5.58. The van der Waals surface area contributed by atoms with Crippen molar-refractivity contribution in [2.24, 2.45) is 0 Å². The lowest BCUT2D eigenvalue weighted by atomic mass is 10.0. The molecular weight excluding hydrogens is 192 g/mol. The average molecular weight is 214 g/mol. The zero-order valence-corrected chi connectivity index (χ0v) is 10.7. The van der Waals surface area contributed by atoms with Crippen molar-refractivity contribution in [3.63, 3.8) is 0 Å². The molecule has 0 fully saturated rings. The molecule has 0 saturated carbocycles. The normalized spacial score (nSPS) is 11.6. The third kappa shape index (κ3) is 3.69. The first kappa shape index (κ1) is 12.8. The van der Waals surface area contributed by atoms with Crippen LogP contribution in [0.4, 0.5) is 0 Å². The molecule has 0 aliphatic carbocycles. The maximum atomic E-state index is 3.78. The molecule has 0 unspecified atom stereocenters. The summed E-state index contributed by atoms with van der Waals surface area (Å²) in [6.07, 6.45) is 7.81. The second-order valence-electron chi connectivity index (χ2n) is 4.39. The van der Waals surface area contributed by atoms with Crippen molar-refractivity contribution < 1.29 is 0 Å². The summed E-state index contributed by atoms with van der Waals surface area (Å²) < 4.78 is 0. The maximum absolute atomic E-state index is 3.78. The van der Waals surface area contributed by atoms with Crippen LogP contribution >= 0.6 is 0 Å². The number of aryl methyl sites for hydroxylation is 2. The zero-order valence-electron chi connectivity index (χ0n) is 10.7. The van der Waals surface area contributed by atoms with Crippen LogP contribution in [0.15, 0.2) is 36.4 Å². The van der Waals surface area contributed by atoms with Crippen LogP contribution in [0, 0.1) is 6.92 Å². The van der Waals surface area contributed by atoms with E-state index in [0.29, 0.717) is 0 Å². The molecule has 86 valence electrons. The first-order valence-electron chi connectivity index (χ1n) is 6.07. The summed E-state index contributed by atoms with van der Waals surface area (Å²) in [6.45, 7) is 10.3. The van der Waals surface area contributed by atoms with Gasteiger partial charge in [-0.25, -0.2) is 0 Å². The number of rotatable bonds is 5. The second-order valence-corrected chi connectivity index (χ2v) is 4.39. The second kappa shape index (κ2) is 6.32. The van der Waals surface area contributed by atoms with Crippen LogP contribution in [0.25, 0.3) is 6.08 Å².